The summed E-state index contributed by atoms with van der Waals surface area (Å²) < 4.78 is 9.99. The predicted molar refractivity (Wildman–Crippen MR) is 87.8 cm³/mol. The van der Waals surface area contributed by atoms with Gasteiger partial charge in [-0.1, -0.05) is 19.1 Å². The van der Waals surface area contributed by atoms with E-state index in [1.807, 2.05) is 24.3 Å². The van der Waals surface area contributed by atoms with E-state index in [1.54, 1.807) is 5.38 Å². The molecule has 1 aromatic carbocycles. The van der Waals surface area contributed by atoms with Gasteiger partial charge in [-0.15, -0.1) is 11.3 Å². The molecule has 2 rings (SSSR count). The SMILES string of the molecule is CCc1ccc(OCC(=O)Nc2nc(CC(=O)OC)cs2)cc1. The summed E-state index contributed by atoms with van der Waals surface area (Å²) in [6.07, 6.45) is 1.04. The molecule has 6 nitrogen and oxygen atoms in total. The molecule has 1 aromatic heterocycles. The zero-order valence-corrected chi connectivity index (χ0v) is 13.8. The highest BCUT2D eigenvalue weighted by molar-refractivity contribution is 7.13. The molecule has 1 amide bonds. The van der Waals surface area contributed by atoms with Gasteiger partial charge in [-0.25, -0.2) is 4.98 Å². The van der Waals surface area contributed by atoms with E-state index in [2.05, 4.69) is 22.0 Å². The van der Waals surface area contributed by atoms with Crippen molar-refractivity contribution in [2.45, 2.75) is 19.8 Å². The van der Waals surface area contributed by atoms with Crippen LogP contribution in [0, 0.1) is 0 Å². The average molecular weight is 334 g/mol. The van der Waals surface area contributed by atoms with Gasteiger partial charge in [0.25, 0.3) is 5.91 Å². The summed E-state index contributed by atoms with van der Waals surface area (Å²) in [7, 11) is 1.32. The van der Waals surface area contributed by atoms with E-state index in [9.17, 15) is 9.59 Å². The van der Waals surface area contributed by atoms with Crippen LogP contribution in [0.4, 0.5) is 5.13 Å². The molecule has 0 spiro atoms. The van der Waals surface area contributed by atoms with Crippen molar-refractivity contribution in [2.24, 2.45) is 0 Å². The average Bonchev–Trinajstić information content (AvgIpc) is 3.00. The highest BCUT2D eigenvalue weighted by Gasteiger charge is 2.10. The van der Waals surface area contributed by atoms with Gasteiger partial charge in [0.1, 0.15) is 5.75 Å². The van der Waals surface area contributed by atoms with Crippen LogP contribution in [0.25, 0.3) is 0 Å². The number of nitrogens with zero attached hydrogens (tertiary/aromatic N) is 1. The van der Waals surface area contributed by atoms with Crippen molar-refractivity contribution in [1.29, 1.82) is 0 Å². The second-order valence-electron chi connectivity index (χ2n) is 4.73. The number of hydrogen-bond donors (Lipinski definition) is 1. The van der Waals surface area contributed by atoms with Gasteiger partial charge >= 0.3 is 5.97 Å². The molecule has 0 fully saturated rings. The zero-order chi connectivity index (χ0) is 16.7. The minimum Gasteiger partial charge on any atom is -0.484 e. The van der Waals surface area contributed by atoms with Crippen LogP contribution in [0.15, 0.2) is 29.6 Å². The molecule has 0 atom stereocenters. The third-order valence-corrected chi connectivity index (χ3v) is 3.86. The molecule has 0 aliphatic heterocycles. The lowest BCUT2D eigenvalue weighted by Crippen LogP contribution is -2.20. The summed E-state index contributed by atoms with van der Waals surface area (Å²) in [4.78, 5) is 27.1. The van der Waals surface area contributed by atoms with Crippen LogP contribution in [-0.4, -0.2) is 30.6 Å². The fourth-order valence-corrected chi connectivity index (χ4v) is 2.52. The van der Waals surface area contributed by atoms with Crippen LogP contribution in [0.1, 0.15) is 18.2 Å². The van der Waals surface area contributed by atoms with Crippen LogP contribution in [0.2, 0.25) is 0 Å². The first-order chi connectivity index (χ1) is 11.1. The van der Waals surface area contributed by atoms with Crippen LogP contribution in [0.5, 0.6) is 5.75 Å². The number of aromatic nitrogens is 1. The maximum Gasteiger partial charge on any atom is 0.311 e. The number of methoxy groups -OCH3 is 1. The number of ether oxygens (including phenoxy) is 2. The lowest BCUT2D eigenvalue weighted by Gasteiger charge is -2.06. The Bertz CT molecular complexity index is 667. The van der Waals surface area contributed by atoms with E-state index < -0.39 is 0 Å². The first-order valence-electron chi connectivity index (χ1n) is 7.13. The first kappa shape index (κ1) is 17.0. The maximum atomic E-state index is 11.8. The van der Waals surface area contributed by atoms with Gasteiger partial charge in [0, 0.05) is 5.38 Å². The molecule has 23 heavy (non-hydrogen) atoms. The van der Waals surface area contributed by atoms with E-state index in [4.69, 9.17) is 4.74 Å². The van der Waals surface area contributed by atoms with Crippen LogP contribution in [-0.2, 0) is 27.2 Å². The number of carbonyl (C=O) groups is 2. The molecule has 122 valence electrons. The lowest BCUT2D eigenvalue weighted by atomic mass is 10.2. The van der Waals surface area contributed by atoms with E-state index in [1.165, 1.54) is 24.0 Å². The summed E-state index contributed by atoms with van der Waals surface area (Å²) in [6.45, 7) is 1.98. The normalized spacial score (nSPS) is 10.2. The topological polar surface area (TPSA) is 77.5 Å². The van der Waals surface area contributed by atoms with Gasteiger partial charge in [0.05, 0.1) is 19.2 Å². The van der Waals surface area contributed by atoms with Gasteiger partial charge in [0.2, 0.25) is 0 Å². The predicted octanol–water partition coefficient (Wildman–Crippen LogP) is 2.44. The highest BCUT2D eigenvalue weighted by atomic mass is 32.1. The highest BCUT2D eigenvalue weighted by Crippen LogP contribution is 2.16. The molecule has 7 heteroatoms. The molecular weight excluding hydrogens is 316 g/mol. The Balaban J connectivity index is 1.81. The van der Waals surface area contributed by atoms with Crippen molar-refractivity contribution in [3.05, 3.63) is 40.9 Å². The molecule has 1 heterocycles. The van der Waals surface area contributed by atoms with Gasteiger partial charge in [-0.2, -0.15) is 0 Å². The summed E-state index contributed by atoms with van der Waals surface area (Å²) in [5.41, 5.74) is 1.77. The molecule has 1 N–H and O–H groups in total. The number of hydrogen-bond acceptors (Lipinski definition) is 6. The second kappa shape index (κ2) is 8.28. The number of rotatable bonds is 7. The van der Waals surface area contributed by atoms with E-state index in [-0.39, 0.29) is 24.9 Å². The van der Waals surface area contributed by atoms with Crippen molar-refractivity contribution in [3.63, 3.8) is 0 Å². The Morgan fingerprint density at radius 1 is 1.26 bits per heavy atom. The van der Waals surface area contributed by atoms with Crippen LogP contribution in [0.3, 0.4) is 0 Å². The lowest BCUT2D eigenvalue weighted by molar-refractivity contribution is -0.139. The van der Waals surface area contributed by atoms with Crippen molar-refractivity contribution < 1.29 is 19.1 Å². The first-order valence-corrected chi connectivity index (χ1v) is 8.01. The minimum absolute atomic E-state index is 0.0865. The standard InChI is InChI=1S/C16H18N2O4S/c1-3-11-4-6-13(7-5-11)22-9-14(19)18-16-17-12(10-23-16)8-15(20)21-2/h4-7,10H,3,8-9H2,1-2H3,(H,17,18,19). The van der Waals surface area contributed by atoms with Gasteiger partial charge in [0.15, 0.2) is 11.7 Å². The smallest absolute Gasteiger partial charge is 0.311 e. The number of benzene rings is 1. The van der Waals surface area contributed by atoms with E-state index >= 15 is 0 Å². The fraction of sp³-hybridized carbons (Fsp3) is 0.312. The Morgan fingerprint density at radius 2 is 2.00 bits per heavy atom. The van der Waals surface area contributed by atoms with Crippen LogP contribution < -0.4 is 10.1 Å². The molecule has 2 aromatic rings. The number of anilines is 1. The summed E-state index contributed by atoms with van der Waals surface area (Å²) >= 11 is 1.25. The molecule has 0 saturated carbocycles. The third kappa shape index (κ3) is 5.37. The van der Waals surface area contributed by atoms with Crippen molar-refractivity contribution in [3.8, 4) is 5.75 Å². The molecule has 0 saturated heterocycles. The van der Waals surface area contributed by atoms with E-state index in [0.717, 1.165) is 6.42 Å². The number of esters is 1. The molecule has 0 bridgehead atoms. The van der Waals surface area contributed by atoms with Gasteiger partial charge in [-0.3, -0.25) is 14.9 Å². The largest absolute Gasteiger partial charge is 0.484 e. The van der Waals surface area contributed by atoms with Gasteiger partial charge < -0.3 is 9.47 Å². The summed E-state index contributed by atoms with van der Waals surface area (Å²) in [6, 6.07) is 7.61. The quantitative estimate of drug-likeness (QED) is 0.787. The second-order valence-corrected chi connectivity index (χ2v) is 5.59. The summed E-state index contributed by atoms with van der Waals surface area (Å²) in [5.74, 6) is -0.0292. The maximum absolute atomic E-state index is 11.8. The molecule has 0 aliphatic carbocycles. The van der Waals surface area contributed by atoms with Crippen molar-refractivity contribution in [2.75, 3.05) is 19.0 Å². The third-order valence-electron chi connectivity index (χ3n) is 3.05. The van der Waals surface area contributed by atoms with Crippen molar-refractivity contribution >= 4 is 28.3 Å². The minimum atomic E-state index is -0.368. The molecule has 0 aliphatic rings. The zero-order valence-electron chi connectivity index (χ0n) is 13.0. The number of amides is 1. The Morgan fingerprint density at radius 3 is 2.65 bits per heavy atom. The summed E-state index contributed by atoms with van der Waals surface area (Å²) in [5, 5.41) is 4.77. The van der Waals surface area contributed by atoms with Crippen molar-refractivity contribution in [1.82, 2.24) is 4.98 Å². The molecular formula is C16H18N2O4S. The Kier molecular flexibility index (Phi) is 6.10. The Hall–Kier alpha value is -2.41. The number of nitrogens with one attached hydrogen (secondary N) is 1. The van der Waals surface area contributed by atoms with Crippen LogP contribution >= 0.6 is 11.3 Å². The molecule has 0 radical (unpaired) electrons. The number of aryl methyl sites for hydroxylation is 1. The fourth-order valence-electron chi connectivity index (χ4n) is 1.79. The molecule has 0 unspecified atom stereocenters. The monoisotopic (exact) mass is 334 g/mol. The van der Waals surface area contributed by atoms with Gasteiger partial charge in [-0.05, 0) is 24.1 Å². The number of carbonyl (C=O) groups excluding carboxylic acids is 2. The Labute approximate surface area is 138 Å². The number of thiazole rings is 1. The van der Waals surface area contributed by atoms with E-state index in [0.29, 0.717) is 16.6 Å².